The van der Waals surface area contributed by atoms with E-state index < -0.39 is 0 Å². The molecule has 1 rings (SSSR count). The quantitative estimate of drug-likeness (QED) is 0.650. The van der Waals surface area contributed by atoms with E-state index in [0.717, 1.165) is 16.8 Å². The van der Waals surface area contributed by atoms with Gasteiger partial charge in [0.2, 0.25) is 0 Å². The average Bonchev–Trinajstić information content (AvgIpc) is 2.03. The Balaban J connectivity index is 2.94. The number of nitrogens with two attached hydrogens (primary N) is 1. The summed E-state index contributed by atoms with van der Waals surface area (Å²) in [5.41, 5.74) is 8.57. The standard InChI is InChI=1S/C10H13NO/c1-8-7-10(11)5-4-9(8)3-2-6-12/h2-5,7,12H,6,11H2,1H3. The minimum Gasteiger partial charge on any atom is -0.399 e. The van der Waals surface area contributed by atoms with Gasteiger partial charge in [-0.25, -0.2) is 0 Å². The van der Waals surface area contributed by atoms with E-state index in [4.69, 9.17) is 10.8 Å². The van der Waals surface area contributed by atoms with E-state index in [0.29, 0.717) is 0 Å². The van der Waals surface area contributed by atoms with E-state index in [1.54, 1.807) is 6.08 Å². The Bertz CT molecular complexity index is 292. The topological polar surface area (TPSA) is 46.2 Å². The van der Waals surface area contributed by atoms with E-state index in [1.165, 1.54) is 0 Å². The van der Waals surface area contributed by atoms with Gasteiger partial charge in [-0.05, 0) is 30.2 Å². The van der Waals surface area contributed by atoms with Gasteiger partial charge in [-0.15, -0.1) is 0 Å². The van der Waals surface area contributed by atoms with Crippen LogP contribution in [0.4, 0.5) is 5.69 Å². The fourth-order valence-electron chi connectivity index (χ4n) is 1.07. The van der Waals surface area contributed by atoms with Crippen molar-refractivity contribution in [3.05, 3.63) is 35.4 Å². The van der Waals surface area contributed by atoms with Crippen LogP contribution in [0.5, 0.6) is 0 Å². The van der Waals surface area contributed by atoms with Crippen LogP contribution in [0.2, 0.25) is 0 Å². The van der Waals surface area contributed by atoms with Crippen molar-refractivity contribution in [1.29, 1.82) is 0 Å². The van der Waals surface area contributed by atoms with Crippen LogP contribution in [0.15, 0.2) is 24.3 Å². The van der Waals surface area contributed by atoms with Gasteiger partial charge in [0.15, 0.2) is 0 Å². The van der Waals surface area contributed by atoms with Gasteiger partial charge in [0.05, 0.1) is 6.61 Å². The zero-order valence-corrected chi connectivity index (χ0v) is 7.12. The van der Waals surface area contributed by atoms with Gasteiger partial charge in [0, 0.05) is 5.69 Å². The van der Waals surface area contributed by atoms with Crippen LogP contribution in [0.1, 0.15) is 11.1 Å². The number of rotatable bonds is 2. The molecule has 0 spiro atoms. The normalized spacial score (nSPS) is 10.8. The molecule has 0 aliphatic carbocycles. The van der Waals surface area contributed by atoms with E-state index in [2.05, 4.69) is 0 Å². The molecule has 0 radical (unpaired) electrons. The lowest BCUT2D eigenvalue weighted by Gasteiger charge is -2.00. The van der Waals surface area contributed by atoms with E-state index >= 15 is 0 Å². The first-order chi connectivity index (χ1) is 5.74. The second-order valence-electron chi connectivity index (χ2n) is 2.70. The van der Waals surface area contributed by atoms with Gasteiger partial charge in [-0.2, -0.15) is 0 Å². The minimum atomic E-state index is 0.0732. The highest BCUT2D eigenvalue weighted by molar-refractivity contribution is 5.57. The second kappa shape index (κ2) is 3.93. The third kappa shape index (κ3) is 2.10. The first-order valence-electron chi connectivity index (χ1n) is 3.87. The van der Waals surface area contributed by atoms with E-state index in [1.807, 2.05) is 31.2 Å². The maximum atomic E-state index is 8.56. The molecule has 0 atom stereocenters. The monoisotopic (exact) mass is 163 g/mol. The maximum absolute atomic E-state index is 8.56. The fraction of sp³-hybridized carbons (Fsp3) is 0.200. The van der Waals surface area contributed by atoms with Crippen molar-refractivity contribution in [1.82, 2.24) is 0 Å². The van der Waals surface area contributed by atoms with Crippen LogP contribution in [-0.2, 0) is 0 Å². The maximum Gasteiger partial charge on any atom is 0.0615 e. The van der Waals surface area contributed by atoms with Crippen LogP contribution in [0.25, 0.3) is 6.08 Å². The molecular weight excluding hydrogens is 150 g/mol. The summed E-state index contributed by atoms with van der Waals surface area (Å²) in [5.74, 6) is 0. The van der Waals surface area contributed by atoms with E-state index in [-0.39, 0.29) is 6.61 Å². The molecule has 2 heteroatoms. The van der Waals surface area contributed by atoms with Crippen molar-refractivity contribution in [2.75, 3.05) is 12.3 Å². The Morgan fingerprint density at radius 3 is 2.83 bits per heavy atom. The molecule has 0 fully saturated rings. The predicted molar refractivity (Wildman–Crippen MR) is 51.7 cm³/mol. The van der Waals surface area contributed by atoms with Crippen molar-refractivity contribution in [3.8, 4) is 0 Å². The number of hydrogen-bond acceptors (Lipinski definition) is 2. The molecule has 0 saturated carbocycles. The molecule has 0 heterocycles. The summed E-state index contributed by atoms with van der Waals surface area (Å²) in [7, 11) is 0. The summed E-state index contributed by atoms with van der Waals surface area (Å²) >= 11 is 0. The number of anilines is 1. The van der Waals surface area contributed by atoms with E-state index in [9.17, 15) is 0 Å². The Hall–Kier alpha value is -1.28. The molecule has 12 heavy (non-hydrogen) atoms. The summed E-state index contributed by atoms with van der Waals surface area (Å²) < 4.78 is 0. The average molecular weight is 163 g/mol. The van der Waals surface area contributed by atoms with Gasteiger partial charge in [0.25, 0.3) is 0 Å². The summed E-state index contributed by atoms with van der Waals surface area (Å²) in [4.78, 5) is 0. The highest BCUT2D eigenvalue weighted by Crippen LogP contribution is 2.13. The zero-order valence-electron chi connectivity index (χ0n) is 7.12. The van der Waals surface area contributed by atoms with Crippen molar-refractivity contribution >= 4 is 11.8 Å². The molecule has 0 aliphatic rings. The SMILES string of the molecule is Cc1cc(N)ccc1C=CCO. The summed E-state index contributed by atoms with van der Waals surface area (Å²) in [6.45, 7) is 2.07. The summed E-state index contributed by atoms with van der Waals surface area (Å²) in [6.07, 6.45) is 3.59. The third-order valence-electron chi connectivity index (χ3n) is 1.70. The molecule has 3 N–H and O–H groups in total. The second-order valence-corrected chi connectivity index (χ2v) is 2.70. The fourth-order valence-corrected chi connectivity index (χ4v) is 1.07. The predicted octanol–water partition coefficient (Wildman–Crippen LogP) is 1.58. The summed E-state index contributed by atoms with van der Waals surface area (Å²) in [5, 5.41) is 8.56. The molecule has 0 amide bonds. The first-order valence-corrected chi connectivity index (χ1v) is 3.87. The van der Waals surface area contributed by atoms with Crippen molar-refractivity contribution in [2.45, 2.75) is 6.92 Å². The van der Waals surface area contributed by atoms with Gasteiger partial charge in [0.1, 0.15) is 0 Å². The highest BCUT2D eigenvalue weighted by atomic mass is 16.2. The lowest BCUT2D eigenvalue weighted by Crippen LogP contribution is -1.87. The summed E-state index contributed by atoms with van der Waals surface area (Å²) in [6, 6.07) is 5.71. The molecular formula is C10H13NO. The van der Waals surface area contributed by atoms with Crippen LogP contribution in [0.3, 0.4) is 0 Å². The minimum absolute atomic E-state index is 0.0732. The Morgan fingerprint density at radius 2 is 2.25 bits per heavy atom. The number of hydrogen-bond donors (Lipinski definition) is 2. The molecule has 0 aliphatic heterocycles. The molecule has 0 bridgehead atoms. The number of aliphatic hydroxyl groups excluding tert-OH is 1. The largest absolute Gasteiger partial charge is 0.399 e. The molecule has 0 saturated heterocycles. The Morgan fingerprint density at radius 1 is 1.50 bits per heavy atom. The lowest BCUT2D eigenvalue weighted by atomic mass is 10.1. The highest BCUT2D eigenvalue weighted by Gasteiger charge is 1.92. The number of benzene rings is 1. The molecule has 1 aromatic rings. The van der Waals surface area contributed by atoms with Crippen LogP contribution in [-0.4, -0.2) is 11.7 Å². The molecule has 1 aromatic carbocycles. The number of nitrogen functional groups attached to an aromatic ring is 1. The van der Waals surface area contributed by atoms with Gasteiger partial charge >= 0.3 is 0 Å². The van der Waals surface area contributed by atoms with Gasteiger partial charge in [-0.3, -0.25) is 0 Å². The van der Waals surface area contributed by atoms with Crippen molar-refractivity contribution in [2.24, 2.45) is 0 Å². The van der Waals surface area contributed by atoms with Crippen molar-refractivity contribution < 1.29 is 5.11 Å². The Labute approximate surface area is 72.3 Å². The molecule has 2 nitrogen and oxygen atoms in total. The van der Waals surface area contributed by atoms with Gasteiger partial charge < -0.3 is 10.8 Å². The third-order valence-corrected chi connectivity index (χ3v) is 1.70. The van der Waals surface area contributed by atoms with Crippen LogP contribution >= 0.6 is 0 Å². The van der Waals surface area contributed by atoms with Crippen molar-refractivity contribution in [3.63, 3.8) is 0 Å². The smallest absolute Gasteiger partial charge is 0.0615 e. The Kier molecular flexibility index (Phi) is 2.88. The molecule has 64 valence electrons. The zero-order chi connectivity index (χ0) is 8.97. The number of aliphatic hydroxyl groups is 1. The number of aryl methyl sites for hydroxylation is 1. The van der Waals surface area contributed by atoms with Crippen LogP contribution < -0.4 is 5.73 Å². The molecule has 0 aromatic heterocycles. The first kappa shape index (κ1) is 8.81. The van der Waals surface area contributed by atoms with Crippen LogP contribution in [0, 0.1) is 6.92 Å². The lowest BCUT2D eigenvalue weighted by molar-refractivity contribution is 0.343. The van der Waals surface area contributed by atoms with Gasteiger partial charge in [-0.1, -0.05) is 18.2 Å². The molecule has 0 unspecified atom stereocenters.